The molecule has 13 aromatic rings. The number of benzene rings is 9. The lowest BCUT2D eigenvalue weighted by Crippen LogP contribution is -1.98. The van der Waals surface area contributed by atoms with Crippen LogP contribution in [0.5, 0.6) is 0 Å². The molecule has 0 saturated heterocycles. The van der Waals surface area contributed by atoms with E-state index in [1.807, 2.05) is 12.1 Å². The van der Waals surface area contributed by atoms with Gasteiger partial charge in [-0.1, -0.05) is 140 Å². The molecular formula is C54H32N4O. The van der Waals surface area contributed by atoms with Crippen LogP contribution in [0, 0.1) is 0 Å². The van der Waals surface area contributed by atoms with E-state index in [0.717, 1.165) is 66.4 Å². The highest BCUT2D eigenvalue weighted by Gasteiger charge is 2.22. The van der Waals surface area contributed by atoms with E-state index in [2.05, 4.69) is 191 Å². The van der Waals surface area contributed by atoms with E-state index >= 15 is 0 Å². The van der Waals surface area contributed by atoms with Gasteiger partial charge in [-0.2, -0.15) is 4.98 Å². The Balaban J connectivity index is 1.08. The minimum atomic E-state index is 0.567. The van der Waals surface area contributed by atoms with Crippen molar-refractivity contribution in [1.82, 2.24) is 19.1 Å². The van der Waals surface area contributed by atoms with Gasteiger partial charge in [0.1, 0.15) is 5.58 Å². The van der Waals surface area contributed by atoms with E-state index < -0.39 is 0 Å². The summed E-state index contributed by atoms with van der Waals surface area (Å²) in [5.41, 5.74) is 11.0. The van der Waals surface area contributed by atoms with Gasteiger partial charge in [-0.25, -0.2) is 4.98 Å². The molecule has 13 rings (SSSR count). The zero-order valence-corrected chi connectivity index (χ0v) is 31.7. The molecule has 0 bridgehead atoms. The first-order valence-electron chi connectivity index (χ1n) is 20.0. The molecule has 0 fully saturated rings. The lowest BCUT2D eigenvalue weighted by molar-refractivity contribution is 0.653. The molecule has 0 radical (unpaired) electrons. The quantitative estimate of drug-likeness (QED) is 0.180. The van der Waals surface area contributed by atoms with Crippen molar-refractivity contribution in [2.75, 3.05) is 0 Å². The van der Waals surface area contributed by atoms with Crippen molar-refractivity contribution in [3.05, 3.63) is 194 Å². The molecule has 0 saturated carbocycles. The first-order valence-corrected chi connectivity index (χ1v) is 20.0. The van der Waals surface area contributed by atoms with E-state index in [1.165, 1.54) is 43.4 Å². The summed E-state index contributed by atoms with van der Waals surface area (Å²) in [6, 6.07) is 69.1. The van der Waals surface area contributed by atoms with Gasteiger partial charge in [0.25, 0.3) is 0 Å². The lowest BCUT2D eigenvalue weighted by Gasteiger charge is -2.15. The molecule has 4 heterocycles. The van der Waals surface area contributed by atoms with Gasteiger partial charge >= 0.3 is 0 Å². The average Bonchev–Trinajstić information content (AvgIpc) is 3.95. The van der Waals surface area contributed by atoms with Crippen LogP contribution in [0.4, 0.5) is 0 Å². The van der Waals surface area contributed by atoms with Crippen molar-refractivity contribution in [3.8, 4) is 34.0 Å². The average molecular weight is 753 g/mol. The molecule has 5 heteroatoms. The molecule has 5 nitrogen and oxygen atoms in total. The summed E-state index contributed by atoms with van der Waals surface area (Å²) in [5, 5.41) is 11.4. The zero-order valence-electron chi connectivity index (χ0n) is 31.7. The van der Waals surface area contributed by atoms with Crippen LogP contribution in [0.3, 0.4) is 0 Å². The molecular weight excluding hydrogens is 721 g/mol. The Hall–Kier alpha value is -8.02. The fourth-order valence-electron chi connectivity index (χ4n) is 9.52. The predicted molar refractivity (Wildman–Crippen MR) is 244 cm³/mol. The van der Waals surface area contributed by atoms with Crippen LogP contribution in [-0.2, 0) is 0 Å². The number of hydrogen-bond donors (Lipinski definition) is 0. The monoisotopic (exact) mass is 752 g/mol. The van der Waals surface area contributed by atoms with Crippen LogP contribution < -0.4 is 0 Å². The largest absolute Gasteiger partial charge is 0.438 e. The van der Waals surface area contributed by atoms with Crippen molar-refractivity contribution in [3.63, 3.8) is 0 Å². The van der Waals surface area contributed by atoms with Gasteiger partial charge < -0.3 is 13.6 Å². The molecule has 0 aliphatic carbocycles. The maximum absolute atomic E-state index is 6.57. The summed E-state index contributed by atoms with van der Waals surface area (Å²) in [6.45, 7) is 0. The van der Waals surface area contributed by atoms with Gasteiger partial charge in [-0.05, 0) is 70.8 Å². The van der Waals surface area contributed by atoms with Crippen LogP contribution in [0.15, 0.2) is 199 Å². The van der Waals surface area contributed by atoms with Crippen LogP contribution in [0.1, 0.15) is 0 Å². The second kappa shape index (κ2) is 12.2. The topological polar surface area (TPSA) is 48.8 Å². The normalized spacial score (nSPS) is 12.1. The number of aromatic nitrogens is 4. The Morgan fingerprint density at radius 3 is 1.86 bits per heavy atom. The van der Waals surface area contributed by atoms with Gasteiger partial charge in [-0.15, -0.1) is 0 Å². The van der Waals surface area contributed by atoms with Gasteiger partial charge in [0.2, 0.25) is 5.71 Å². The first kappa shape index (κ1) is 32.1. The molecule has 0 atom stereocenters. The van der Waals surface area contributed by atoms with Crippen molar-refractivity contribution in [1.29, 1.82) is 0 Å². The van der Waals surface area contributed by atoms with Crippen molar-refractivity contribution in [2.45, 2.75) is 0 Å². The summed E-state index contributed by atoms with van der Waals surface area (Å²) in [6.07, 6.45) is 0. The molecule has 0 amide bonds. The minimum absolute atomic E-state index is 0.567. The number of para-hydroxylation sites is 4. The highest BCUT2D eigenvalue weighted by atomic mass is 16.3. The van der Waals surface area contributed by atoms with Crippen LogP contribution in [-0.4, -0.2) is 19.1 Å². The molecule has 9 aromatic carbocycles. The highest BCUT2D eigenvalue weighted by molar-refractivity contribution is 6.17. The van der Waals surface area contributed by atoms with Crippen molar-refractivity contribution >= 4 is 87.2 Å². The Labute approximate surface area is 337 Å². The Kier molecular flexibility index (Phi) is 6.66. The zero-order chi connectivity index (χ0) is 38.6. The van der Waals surface area contributed by atoms with Crippen molar-refractivity contribution in [2.24, 2.45) is 0 Å². The third kappa shape index (κ3) is 4.67. The van der Waals surface area contributed by atoms with Gasteiger partial charge in [0.15, 0.2) is 5.82 Å². The standard InChI is InChI=1S/C54H32N4O/c1-2-16-36(17-3-1)57-45-24-9-6-18-39(45)41-29-28-35(32-48(41)57)53-55-52(51-43-20-8-11-27-50(43)59-54(51)56-53)42-23-12-22-38-37(42)21-13-26-47(38)58-46-25-10-7-19-40(46)44-30-33-14-4-5-15-34(33)31-49(44)58/h1-32H. The van der Waals surface area contributed by atoms with E-state index in [-0.39, 0.29) is 0 Å². The second-order valence-electron chi connectivity index (χ2n) is 15.3. The van der Waals surface area contributed by atoms with E-state index in [4.69, 9.17) is 14.4 Å². The van der Waals surface area contributed by atoms with E-state index in [9.17, 15) is 0 Å². The van der Waals surface area contributed by atoms with Crippen molar-refractivity contribution < 1.29 is 4.42 Å². The van der Waals surface area contributed by atoms with Gasteiger partial charge in [-0.3, -0.25) is 0 Å². The minimum Gasteiger partial charge on any atom is -0.438 e. The SMILES string of the molecule is c1ccc(-n2c3ccccc3c3ccc(-c4nc(-c5cccc6c(-n7c8ccccc8c8cc9ccccc9cc87)cccc56)c5c(n4)oc4ccccc45)cc32)cc1. The van der Waals surface area contributed by atoms with E-state index in [0.29, 0.717) is 11.5 Å². The van der Waals surface area contributed by atoms with Crippen LogP contribution >= 0.6 is 0 Å². The Morgan fingerprint density at radius 1 is 0.390 bits per heavy atom. The summed E-state index contributed by atoms with van der Waals surface area (Å²) >= 11 is 0. The summed E-state index contributed by atoms with van der Waals surface area (Å²) in [7, 11) is 0. The smallest absolute Gasteiger partial charge is 0.231 e. The summed E-state index contributed by atoms with van der Waals surface area (Å²) in [4.78, 5) is 10.7. The molecule has 4 aromatic heterocycles. The fraction of sp³-hybridized carbons (Fsp3) is 0. The first-order chi connectivity index (χ1) is 29.3. The summed E-state index contributed by atoms with van der Waals surface area (Å²) in [5.74, 6) is 0.612. The molecule has 59 heavy (non-hydrogen) atoms. The number of furan rings is 1. The van der Waals surface area contributed by atoms with Crippen LogP contribution in [0.2, 0.25) is 0 Å². The maximum Gasteiger partial charge on any atom is 0.231 e. The maximum atomic E-state index is 6.57. The Bertz CT molecular complexity index is 3850. The third-order valence-corrected chi connectivity index (χ3v) is 12.1. The fourth-order valence-corrected chi connectivity index (χ4v) is 9.52. The number of nitrogens with zero attached hydrogens (tertiary/aromatic N) is 4. The molecule has 274 valence electrons. The molecule has 0 N–H and O–H groups in total. The second-order valence-corrected chi connectivity index (χ2v) is 15.3. The number of hydrogen-bond acceptors (Lipinski definition) is 3. The third-order valence-electron chi connectivity index (χ3n) is 12.1. The lowest BCUT2D eigenvalue weighted by atomic mass is 9.98. The van der Waals surface area contributed by atoms with E-state index in [1.54, 1.807) is 0 Å². The molecule has 0 spiro atoms. The molecule has 0 aliphatic rings. The van der Waals surface area contributed by atoms with Crippen LogP contribution in [0.25, 0.3) is 121 Å². The highest BCUT2D eigenvalue weighted by Crippen LogP contribution is 2.43. The number of fused-ring (bicyclic) bond motifs is 11. The van der Waals surface area contributed by atoms with Gasteiger partial charge in [0.05, 0.1) is 38.8 Å². The Morgan fingerprint density at radius 2 is 1.02 bits per heavy atom. The predicted octanol–water partition coefficient (Wildman–Crippen LogP) is 14.2. The molecule has 0 unspecified atom stereocenters. The van der Waals surface area contributed by atoms with Gasteiger partial charge in [0, 0.05) is 49.1 Å². The molecule has 0 aliphatic heterocycles. The summed E-state index contributed by atoms with van der Waals surface area (Å²) < 4.78 is 11.3. The number of rotatable bonds is 4.